The van der Waals surface area contributed by atoms with Gasteiger partial charge in [-0.2, -0.15) is 0 Å². The van der Waals surface area contributed by atoms with Crippen LogP contribution in [0.5, 0.6) is 0 Å². The third kappa shape index (κ3) is 4.00. The van der Waals surface area contributed by atoms with Crippen molar-refractivity contribution in [2.75, 3.05) is 13.2 Å². The van der Waals surface area contributed by atoms with Gasteiger partial charge in [-0.05, 0) is 12.5 Å². The van der Waals surface area contributed by atoms with Crippen LogP contribution in [0.2, 0.25) is 0 Å². The van der Waals surface area contributed by atoms with E-state index < -0.39 is 0 Å². The van der Waals surface area contributed by atoms with Gasteiger partial charge in [0.25, 0.3) is 5.91 Å². The lowest BCUT2D eigenvalue weighted by Crippen LogP contribution is -2.25. The van der Waals surface area contributed by atoms with Crippen LogP contribution in [0, 0.1) is 0 Å². The zero-order valence-corrected chi connectivity index (χ0v) is 8.86. The second-order valence-electron chi connectivity index (χ2n) is 3.09. The first-order valence-corrected chi connectivity index (χ1v) is 4.93. The molecule has 1 aromatic heterocycles. The molecule has 2 N–H and O–H groups in total. The maximum Gasteiger partial charge on any atom is 0.252 e. The predicted molar refractivity (Wildman–Crippen MR) is 60.2 cm³/mol. The molecule has 16 heavy (non-hydrogen) atoms. The quantitative estimate of drug-likeness (QED) is 0.548. The van der Waals surface area contributed by atoms with Crippen molar-refractivity contribution < 1.29 is 9.53 Å². The summed E-state index contributed by atoms with van der Waals surface area (Å²) in [5.41, 5.74) is 0.208. The normalized spacial score (nSPS) is 9.50. The molecule has 86 valence electrons. The average molecular weight is 222 g/mol. The van der Waals surface area contributed by atoms with Crippen LogP contribution in [0.1, 0.15) is 16.8 Å². The van der Waals surface area contributed by atoms with E-state index in [4.69, 9.17) is 4.74 Å². The SMILES string of the molecule is C=COCCCNC(=O)c1ccc(=O)[nH]c1. The summed E-state index contributed by atoms with van der Waals surface area (Å²) >= 11 is 0. The van der Waals surface area contributed by atoms with E-state index in [0.717, 1.165) is 0 Å². The molecule has 0 bridgehead atoms. The van der Waals surface area contributed by atoms with Crippen molar-refractivity contribution in [2.24, 2.45) is 0 Å². The van der Waals surface area contributed by atoms with Crippen molar-refractivity contribution in [3.63, 3.8) is 0 Å². The molecular weight excluding hydrogens is 208 g/mol. The van der Waals surface area contributed by atoms with Gasteiger partial charge in [0.15, 0.2) is 0 Å². The van der Waals surface area contributed by atoms with E-state index in [1.165, 1.54) is 24.6 Å². The highest BCUT2D eigenvalue weighted by Gasteiger charge is 2.03. The van der Waals surface area contributed by atoms with Gasteiger partial charge in [0.1, 0.15) is 0 Å². The van der Waals surface area contributed by atoms with Gasteiger partial charge in [0.05, 0.1) is 18.4 Å². The zero-order chi connectivity index (χ0) is 11.8. The first-order valence-electron chi connectivity index (χ1n) is 4.93. The molecule has 0 atom stereocenters. The fraction of sp³-hybridized carbons (Fsp3) is 0.273. The Bertz CT molecular complexity index is 391. The molecule has 1 amide bonds. The fourth-order valence-corrected chi connectivity index (χ4v) is 1.09. The Labute approximate surface area is 93.1 Å². The summed E-state index contributed by atoms with van der Waals surface area (Å²) in [6, 6.07) is 2.80. The first kappa shape index (κ1) is 12.0. The molecule has 1 aromatic rings. The van der Waals surface area contributed by atoms with E-state index in [1.807, 2.05) is 0 Å². The fourth-order valence-electron chi connectivity index (χ4n) is 1.09. The monoisotopic (exact) mass is 222 g/mol. The number of hydrogen-bond acceptors (Lipinski definition) is 3. The Morgan fingerprint density at radius 1 is 1.56 bits per heavy atom. The zero-order valence-electron chi connectivity index (χ0n) is 8.86. The highest BCUT2D eigenvalue weighted by Crippen LogP contribution is 1.92. The summed E-state index contributed by atoms with van der Waals surface area (Å²) in [5, 5.41) is 2.70. The number of ether oxygens (including phenoxy) is 1. The molecule has 0 aliphatic heterocycles. The highest BCUT2D eigenvalue weighted by molar-refractivity contribution is 5.93. The number of amides is 1. The largest absolute Gasteiger partial charge is 0.502 e. The minimum atomic E-state index is -0.226. The Balaban J connectivity index is 2.32. The number of hydrogen-bond donors (Lipinski definition) is 2. The molecule has 1 heterocycles. The van der Waals surface area contributed by atoms with Gasteiger partial charge in [-0.15, -0.1) is 0 Å². The number of carbonyl (C=O) groups is 1. The summed E-state index contributed by atoms with van der Waals surface area (Å²) in [6.45, 7) is 4.45. The molecular formula is C11H14N2O3. The van der Waals surface area contributed by atoms with Crippen molar-refractivity contribution >= 4 is 5.91 Å². The van der Waals surface area contributed by atoms with Gasteiger partial charge < -0.3 is 15.0 Å². The van der Waals surface area contributed by atoms with Crippen LogP contribution >= 0.6 is 0 Å². The second kappa shape index (κ2) is 6.44. The third-order valence-corrected chi connectivity index (χ3v) is 1.89. The maximum atomic E-state index is 11.5. The second-order valence-corrected chi connectivity index (χ2v) is 3.09. The average Bonchev–Trinajstić information content (AvgIpc) is 2.29. The van der Waals surface area contributed by atoms with Crippen LogP contribution in [-0.4, -0.2) is 24.0 Å². The lowest BCUT2D eigenvalue weighted by molar-refractivity contribution is 0.0950. The summed E-state index contributed by atoms with van der Waals surface area (Å²) in [7, 11) is 0. The van der Waals surface area contributed by atoms with Crippen LogP contribution in [0.3, 0.4) is 0 Å². The predicted octanol–water partition coefficient (Wildman–Crippen LogP) is 0.655. The van der Waals surface area contributed by atoms with Crippen molar-refractivity contribution in [2.45, 2.75) is 6.42 Å². The van der Waals surface area contributed by atoms with Gasteiger partial charge in [0, 0.05) is 18.8 Å². The van der Waals surface area contributed by atoms with Crippen molar-refractivity contribution in [1.29, 1.82) is 0 Å². The molecule has 0 spiro atoms. The molecule has 5 heteroatoms. The minimum Gasteiger partial charge on any atom is -0.502 e. The van der Waals surface area contributed by atoms with E-state index in [-0.39, 0.29) is 11.5 Å². The summed E-state index contributed by atoms with van der Waals surface area (Å²) in [5.74, 6) is -0.213. The summed E-state index contributed by atoms with van der Waals surface area (Å²) in [4.78, 5) is 24.7. The van der Waals surface area contributed by atoms with Crippen LogP contribution in [0.4, 0.5) is 0 Å². The molecule has 1 rings (SSSR count). The maximum absolute atomic E-state index is 11.5. The van der Waals surface area contributed by atoms with E-state index in [0.29, 0.717) is 25.1 Å². The first-order chi connectivity index (χ1) is 7.74. The van der Waals surface area contributed by atoms with Crippen LogP contribution < -0.4 is 10.9 Å². The molecule has 0 saturated carbocycles. The van der Waals surface area contributed by atoms with Gasteiger partial charge in [-0.3, -0.25) is 9.59 Å². The number of nitrogens with one attached hydrogen (secondary N) is 2. The lowest BCUT2D eigenvalue weighted by atomic mass is 10.2. The molecule has 0 saturated heterocycles. The van der Waals surface area contributed by atoms with Gasteiger partial charge in [-0.1, -0.05) is 6.58 Å². The number of H-pyrrole nitrogens is 1. The number of pyridine rings is 1. The third-order valence-electron chi connectivity index (χ3n) is 1.89. The van der Waals surface area contributed by atoms with Crippen LogP contribution in [0.25, 0.3) is 0 Å². The van der Waals surface area contributed by atoms with E-state index in [1.54, 1.807) is 0 Å². The topological polar surface area (TPSA) is 71.2 Å². The lowest BCUT2D eigenvalue weighted by Gasteiger charge is -2.04. The Morgan fingerprint density at radius 2 is 2.38 bits per heavy atom. The molecule has 0 unspecified atom stereocenters. The molecule has 0 aliphatic rings. The minimum absolute atomic E-state index is 0.213. The summed E-state index contributed by atoms with van der Waals surface area (Å²) < 4.78 is 4.90. The van der Waals surface area contributed by atoms with E-state index in [2.05, 4.69) is 16.9 Å². The molecule has 0 aliphatic carbocycles. The van der Waals surface area contributed by atoms with Crippen LogP contribution in [-0.2, 0) is 4.74 Å². The highest BCUT2D eigenvalue weighted by atomic mass is 16.5. The molecule has 0 aromatic carbocycles. The number of aromatic amines is 1. The number of carbonyl (C=O) groups excluding carboxylic acids is 1. The Hall–Kier alpha value is -2.04. The van der Waals surface area contributed by atoms with E-state index in [9.17, 15) is 9.59 Å². The Morgan fingerprint density at radius 3 is 3.00 bits per heavy atom. The van der Waals surface area contributed by atoms with Crippen molar-refractivity contribution in [3.05, 3.63) is 47.1 Å². The van der Waals surface area contributed by atoms with Gasteiger partial charge in [0.2, 0.25) is 5.56 Å². The van der Waals surface area contributed by atoms with Crippen molar-refractivity contribution in [3.8, 4) is 0 Å². The number of rotatable bonds is 6. The number of aromatic nitrogens is 1. The summed E-state index contributed by atoms with van der Waals surface area (Å²) in [6.07, 6.45) is 3.46. The Kier molecular flexibility index (Phi) is 4.85. The van der Waals surface area contributed by atoms with Crippen molar-refractivity contribution in [1.82, 2.24) is 10.3 Å². The molecule has 0 radical (unpaired) electrons. The standard InChI is InChI=1S/C11H14N2O3/c1-2-16-7-3-6-12-11(15)9-4-5-10(14)13-8-9/h2,4-5,8H,1,3,6-7H2,(H,12,15)(H,13,14). The molecule has 0 fully saturated rings. The van der Waals surface area contributed by atoms with Gasteiger partial charge in [-0.25, -0.2) is 0 Å². The van der Waals surface area contributed by atoms with Crippen LogP contribution in [0.15, 0.2) is 36.0 Å². The van der Waals surface area contributed by atoms with E-state index >= 15 is 0 Å². The smallest absolute Gasteiger partial charge is 0.252 e. The molecule has 5 nitrogen and oxygen atoms in total. The van der Waals surface area contributed by atoms with Gasteiger partial charge >= 0.3 is 0 Å².